The summed E-state index contributed by atoms with van der Waals surface area (Å²) in [6, 6.07) is 4.11. The number of carbonyl (C=O) groups is 1. The highest BCUT2D eigenvalue weighted by atomic mass is 16.5. The number of amides is 1. The minimum Gasteiger partial charge on any atom is -0.372 e. The molecular weight excluding hydrogens is 266 g/mol. The molecule has 0 saturated carbocycles. The molecule has 3 rings (SSSR count). The fraction of sp³-hybridized carbons (Fsp3) is 0.625. The molecule has 3 heterocycles. The van der Waals surface area contributed by atoms with E-state index in [2.05, 4.69) is 16.0 Å². The molecular formula is C16H23N3O2. The summed E-state index contributed by atoms with van der Waals surface area (Å²) in [6.45, 7) is 7.68. The van der Waals surface area contributed by atoms with Crippen LogP contribution < -0.4 is 0 Å². The van der Waals surface area contributed by atoms with Gasteiger partial charge in [-0.1, -0.05) is 6.07 Å². The Morgan fingerprint density at radius 3 is 3.00 bits per heavy atom. The molecule has 1 spiro atoms. The van der Waals surface area contributed by atoms with Crippen LogP contribution in [0.3, 0.4) is 0 Å². The van der Waals surface area contributed by atoms with Gasteiger partial charge in [-0.3, -0.25) is 14.7 Å². The van der Waals surface area contributed by atoms with Gasteiger partial charge in [-0.05, 0) is 31.5 Å². The molecule has 0 atom stereocenters. The number of nitrogens with zero attached hydrogens (tertiary/aromatic N) is 3. The third kappa shape index (κ3) is 3.24. The number of likely N-dealkylation sites (tertiary alicyclic amines) is 2. The van der Waals surface area contributed by atoms with E-state index in [4.69, 9.17) is 4.74 Å². The predicted molar refractivity (Wildman–Crippen MR) is 79.6 cm³/mol. The van der Waals surface area contributed by atoms with Crippen LogP contribution in [-0.2, 0) is 16.1 Å². The maximum atomic E-state index is 11.9. The molecule has 0 aromatic carbocycles. The molecule has 0 bridgehead atoms. The van der Waals surface area contributed by atoms with Gasteiger partial charge in [-0.15, -0.1) is 0 Å². The number of aromatic nitrogens is 1. The fourth-order valence-electron chi connectivity index (χ4n) is 3.39. The van der Waals surface area contributed by atoms with E-state index in [1.165, 1.54) is 12.0 Å². The second-order valence-electron chi connectivity index (χ2n) is 6.21. The molecule has 2 aliphatic rings. The number of ether oxygens (including phenoxy) is 1. The van der Waals surface area contributed by atoms with Crippen molar-refractivity contribution in [2.45, 2.75) is 19.9 Å². The van der Waals surface area contributed by atoms with Gasteiger partial charge in [0.2, 0.25) is 5.91 Å². The van der Waals surface area contributed by atoms with E-state index in [1.807, 2.05) is 30.3 Å². The number of pyridine rings is 1. The third-order valence-corrected chi connectivity index (χ3v) is 4.48. The predicted octanol–water partition coefficient (Wildman–Crippen LogP) is 1.15. The molecule has 5 heteroatoms. The van der Waals surface area contributed by atoms with Gasteiger partial charge < -0.3 is 9.64 Å². The van der Waals surface area contributed by atoms with Crippen molar-refractivity contribution in [3.05, 3.63) is 30.1 Å². The van der Waals surface area contributed by atoms with Gasteiger partial charge in [0.1, 0.15) is 6.61 Å². The summed E-state index contributed by atoms with van der Waals surface area (Å²) in [4.78, 5) is 20.5. The highest BCUT2D eigenvalue weighted by molar-refractivity contribution is 5.78. The van der Waals surface area contributed by atoms with Crippen molar-refractivity contribution >= 4 is 5.91 Å². The smallest absolute Gasteiger partial charge is 0.248 e. The van der Waals surface area contributed by atoms with Crippen molar-refractivity contribution in [3.8, 4) is 0 Å². The Morgan fingerprint density at radius 1 is 1.43 bits per heavy atom. The van der Waals surface area contributed by atoms with Crippen LogP contribution in [-0.4, -0.2) is 60.1 Å². The zero-order chi connectivity index (χ0) is 14.7. The second kappa shape index (κ2) is 6.12. The van der Waals surface area contributed by atoms with Crippen molar-refractivity contribution < 1.29 is 9.53 Å². The van der Waals surface area contributed by atoms with E-state index < -0.39 is 0 Å². The molecule has 21 heavy (non-hydrogen) atoms. The Kier molecular flexibility index (Phi) is 4.22. The molecule has 114 valence electrons. The Morgan fingerprint density at radius 2 is 2.29 bits per heavy atom. The van der Waals surface area contributed by atoms with Gasteiger partial charge in [-0.2, -0.15) is 0 Å². The monoisotopic (exact) mass is 289 g/mol. The van der Waals surface area contributed by atoms with Gasteiger partial charge in [0, 0.05) is 50.6 Å². The molecule has 1 aromatic heterocycles. The Bertz CT molecular complexity index is 486. The molecule has 0 radical (unpaired) electrons. The average Bonchev–Trinajstić information content (AvgIpc) is 2.88. The van der Waals surface area contributed by atoms with Crippen LogP contribution >= 0.6 is 0 Å². The summed E-state index contributed by atoms with van der Waals surface area (Å²) in [7, 11) is 0. The lowest BCUT2D eigenvalue weighted by atomic mass is 9.79. The maximum Gasteiger partial charge on any atom is 0.248 e. The lowest BCUT2D eigenvalue weighted by Crippen LogP contribution is -2.60. The Labute approximate surface area is 125 Å². The van der Waals surface area contributed by atoms with Gasteiger partial charge in [0.05, 0.1) is 0 Å². The lowest BCUT2D eigenvalue weighted by molar-refractivity contribution is -0.147. The molecule has 0 unspecified atom stereocenters. The zero-order valence-electron chi connectivity index (χ0n) is 12.6. The fourth-order valence-corrected chi connectivity index (χ4v) is 3.39. The SMILES string of the molecule is CCOCC(=O)N1CC2(CCN(Cc3cccnc3)C2)C1. The van der Waals surface area contributed by atoms with Gasteiger partial charge in [0.25, 0.3) is 0 Å². The molecule has 0 aliphatic carbocycles. The quantitative estimate of drug-likeness (QED) is 0.816. The van der Waals surface area contributed by atoms with Crippen molar-refractivity contribution in [2.24, 2.45) is 5.41 Å². The highest BCUT2D eigenvalue weighted by Gasteiger charge is 2.48. The number of rotatable bonds is 5. The second-order valence-corrected chi connectivity index (χ2v) is 6.21. The minimum absolute atomic E-state index is 0.133. The third-order valence-electron chi connectivity index (χ3n) is 4.48. The first-order chi connectivity index (χ1) is 10.2. The minimum atomic E-state index is 0.133. The lowest BCUT2D eigenvalue weighted by Gasteiger charge is -2.48. The van der Waals surface area contributed by atoms with E-state index in [-0.39, 0.29) is 12.5 Å². The summed E-state index contributed by atoms with van der Waals surface area (Å²) >= 11 is 0. The first-order valence-corrected chi connectivity index (χ1v) is 7.68. The number of carbonyl (C=O) groups excluding carboxylic acids is 1. The molecule has 2 saturated heterocycles. The zero-order valence-corrected chi connectivity index (χ0v) is 12.6. The van der Waals surface area contributed by atoms with E-state index in [9.17, 15) is 4.79 Å². The summed E-state index contributed by atoms with van der Waals surface area (Å²) in [5, 5.41) is 0. The topological polar surface area (TPSA) is 45.7 Å². The van der Waals surface area contributed by atoms with E-state index >= 15 is 0 Å². The normalized spacial score (nSPS) is 20.7. The van der Waals surface area contributed by atoms with Crippen LogP contribution in [0.5, 0.6) is 0 Å². The first-order valence-electron chi connectivity index (χ1n) is 7.68. The van der Waals surface area contributed by atoms with Crippen LogP contribution in [0.2, 0.25) is 0 Å². The molecule has 1 aromatic rings. The van der Waals surface area contributed by atoms with E-state index in [0.717, 1.165) is 32.7 Å². The van der Waals surface area contributed by atoms with Crippen LogP contribution in [0.1, 0.15) is 18.9 Å². The van der Waals surface area contributed by atoms with Crippen molar-refractivity contribution in [1.29, 1.82) is 0 Å². The maximum absolute atomic E-state index is 11.9. The molecule has 1 amide bonds. The summed E-state index contributed by atoms with van der Waals surface area (Å²) < 4.78 is 5.19. The highest BCUT2D eigenvalue weighted by Crippen LogP contribution is 2.39. The molecule has 5 nitrogen and oxygen atoms in total. The van der Waals surface area contributed by atoms with Gasteiger partial charge in [-0.25, -0.2) is 0 Å². The summed E-state index contributed by atoms with van der Waals surface area (Å²) in [5.41, 5.74) is 1.59. The van der Waals surface area contributed by atoms with Crippen LogP contribution in [0.15, 0.2) is 24.5 Å². The Balaban J connectivity index is 1.47. The van der Waals surface area contributed by atoms with Crippen molar-refractivity contribution in [2.75, 3.05) is 39.4 Å². The van der Waals surface area contributed by atoms with Gasteiger partial charge in [0.15, 0.2) is 0 Å². The first kappa shape index (κ1) is 14.5. The van der Waals surface area contributed by atoms with E-state index in [1.54, 1.807) is 0 Å². The van der Waals surface area contributed by atoms with Crippen molar-refractivity contribution in [1.82, 2.24) is 14.8 Å². The van der Waals surface area contributed by atoms with Crippen LogP contribution in [0.25, 0.3) is 0 Å². The Hall–Kier alpha value is -1.46. The van der Waals surface area contributed by atoms with Crippen LogP contribution in [0, 0.1) is 5.41 Å². The average molecular weight is 289 g/mol. The van der Waals surface area contributed by atoms with Crippen molar-refractivity contribution in [3.63, 3.8) is 0 Å². The van der Waals surface area contributed by atoms with E-state index in [0.29, 0.717) is 12.0 Å². The van der Waals surface area contributed by atoms with Crippen LogP contribution in [0.4, 0.5) is 0 Å². The number of hydrogen-bond donors (Lipinski definition) is 0. The number of hydrogen-bond acceptors (Lipinski definition) is 4. The largest absolute Gasteiger partial charge is 0.372 e. The molecule has 2 aliphatic heterocycles. The molecule has 2 fully saturated rings. The standard InChI is InChI=1S/C16H23N3O2/c1-2-21-10-15(20)19-12-16(13-19)5-7-18(11-16)9-14-4-3-6-17-8-14/h3-4,6,8H,2,5,7,9-13H2,1H3. The molecule has 0 N–H and O–H groups in total. The summed E-state index contributed by atoms with van der Waals surface area (Å²) in [6.07, 6.45) is 4.93. The van der Waals surface area contributed by atoms with Gasteiger partial charge >= 0.3 is 0 Å². The summed E-state index contributed by atoms with van der Waals surface area (Å²) in [5.74, 6) is 0.133.